The zero-order valence-electron chi connectivity index (χ0n) is 20.3. The number of nitrogens with zero attached hydrogens (tertiary/aromatic N) is 4. The highest BCUT2D eigenvalue weighted by molar-refractivity contribution is 8.28. The molecule has 8 heteroatoms. The van der Waals surface area contributed by atoms with E-state index in [1.165, 1.54) is 0 Å². The van der Waals surface area contributed by atoms with Gasteiger partial charge in [-0.1, -0.05) is 29.0 Å². The molecule has 0 unspecified atom stereocenters. The van der Waals surface area contributed by atoms with E-state index in [9.17, 15) is 14.2 Å². The van der Waals surface area contributed by atoms with Crippen molar-refractivity contribution in [1.82, 2.24) is 14.9 Å². The smallest absolute Gasteiger partial charge is 0.148 e. The molecule has 3 N–H and O–H groups in total. The number of piperidine rings is 1. The number of phenolic OH excluding ortho intramolecular Hbond substituents is 1. The summed E-state index contributed by atoms with van der Waals surface area (Å²) in [4.78, 5) is 11.5. The van der Waals surface area contributed by atoms with E-state index in [-0.39, 0.29) is 11.8 Å². The Balaban J connectivity index is 1.38. The number of benzene rings is 1. The summed E-state index contributed by atoms with van der Waals surface area (Å²) in [6.07, 6.45) is 5.22. The molecule has 35 heavy (non-hydrogen) atoms. The van der Waals surface area contributed by atoms with Crippen molar-refractivity contribution in [2.45, 2.75) is 51.7 Å². The molecular formula is C27H32N4O3S. The van der Waals surface area contributed by atoms with Crippen LogP contribution in [-0.2, 0) is 6.54 Å². The fourth-order valence-corrected chi connectivity index (χ4v) is 7.06. The third kappa shape index (κ3) is 4.43. The van der Waals surface area contributed by atoms with E-state index in [0.29, 0.717) is 5.82 Å². The van der Waals surface area contributed by atoms with Crippen LogP contribution < -0.4 is 4.31 Å². The molecule has 5 rings (SSSR count). The molecule has 7 nitrogen and oxygen atoms in total. The van der Waals surface area contributed by atoms with Gasteiger partial charge in [0, 0.05) is 42.0 Å². The maximum absolute atomic E-state index is 10.9. The molecule has 2 aromatic heterocycles. The summed E-state index contributed by atoms with van der Waals surface area (Å²) in [5.41, 5.74) is 4.02. The number of anilines is 1. The molecule has 1 aromatic carbocycles. The predicted octanol–water partition coefficient (Wildman–Crippen LogP) is 5.89. The van der Waals surface area contributed by atoms with Crippen LogP contribution in [0.25, 0.3) is 11.3 Å². The molecule has 0 saturated carbocycles. The van der Waals surface area contributed by atoms with Gasteiger partial charge in [0.25, 0.3) is 0 Å². The van der Waals surface area contributed by atoms with Crippen molar-refractivity contribution in [2.24, 2.45) is 0 Å². The van der Waals surface area contributed by atoms with Crippen LogP contribution in [0.3, 0.4) is 0 Å². The Morgan fingerprint density at radius 3 is 2.69 bits per heavy atom. The maximum atomic E-state index is 10.9. The number of aromatic nitrogens is 2. The molecule has 1 spiro atoms. The minimum atomic E-state index is -3.07. The van der Waals surface area contributed by atoms with Gasteiger partial charge in [0.05, 0.1) is 11.2 Å². The van der Waals surface area contributed by atoms with Crippen LogP contribution in [0, 0.1) is 13.8 Å². The molecular weight excluding hydrogens is 460 g/mol. The van der Waals surface area contributed by atoms with E-state index < -0.39 is 16.3 Å². The molecule has 0 aliphatic carbocycles. The molecule has 3 aromatic rings. The second kappa shape index (κ2) is 8.95. The second-order valence-corrected chi connectivity index (χ2v) is 11.5. The quantitative estimate of drug-likeness (QED) is 0.418. The number of aromatic hydroxyl groups is 1. The van der Waals surface area contributed by atoms with E-state index in [4.69, 9.17) is 0 Å². The second-order valence-electron chi connectivity index (χ2n) is 9.69. The summed E-state index contributed by atoms with van der Waals surface area (Å²) >= 11 is 0. The summed E-state index contributed by atoms with van der Waals surface area (Å²) in [7, 11) is -3.07. The summed E-state index contributed by atoms with van der Waals surface area (Å²) < 4.78 is 23.5. The van der Waals surface area contributed by atoms with E-state index in [0.717, 1.165) is 54.0 Å². The zero-order valence-corrected chi connectivity index (χ0v) is 21.1. The van der Waals surface area contributed by atoms with Crippen molar-refractivity contribution in [3.8, 4) is 17.0 Å². The molecule has 1 saturated heterocycles. The highest BCUT2D eigenvalue weighted by Gasteiger charge is 2.50. The van der Waals surface area contributed by atoms with Gasteiger partial charge in [0.1, 0.15) is 11.6 Å². The highest BCUT2D eigenvalue weighted by atomic mass is 32.3. The van der Waals surface area contributed by atoms with Gasteiger partial charge in [0.2, 0.25) is 0 Å². The van der Waals surface area contributed by atoms with E-state index in [1.54, 1.807) is 22.0 Å². The molecule has 0 radical (unpaired) electrons. The van der Waals surface area contributed by atoms with Gasteiger partial charge in [-0.15, -0.1) is 0 Å². The molecule has 2 aliphatic heterocycles. The number of aryl methyl sites for hydroxylation is 2. The molecule has 2 aliphatic rings. The number of hydrogen-bond donors (Lipinski definition) is 3. The van der Waals surface area contributed by atoms with Gasteiger partial charge >= 0.3 is 0 Å². The summed E-state index contributed by atoms with van der Waals surface area (Å²) in [6.45, 7) is 7.62. The Labute approximate surface area is 208 Å². The van der Waals surface area contributed by atoms with Crippen molar-refractivity contribution in [2.75, 3.05) is 10.8 Å². The fourth-order valence-electron chi connectivity index (χ4n) is 5.37. The van der Waals surface area contributed by atoms with Gasteiger partial charge in [-0.25, -0.2) is 9.29 Å². The van der Waals surface area contributed by atoms with Crippen LogP contribution in [-0.4, -0.2) is 47.2 Å². The van der Waals surface area contributed by atoms with Crippen molar-refractivity contribution in [3.05, 3.63) is 83.0 Å². The summed E-state index contributed by atoms with van der Waals surface area (Å²) in [6, 6.07) is 15.5. The van der Waals surface area contributed by atoms with E-state index in [2.05, 4.69) is 21.8 Å². The van der Waals surface area contributed by atoms with Crippen LogP contribution in [0.1, 0.15) is 36.6 Å². The highest BCUT2D eigenvalue weighted by Crippen LogP contribution is 2.59. The minimum Gasteiger partial charge on any atom is -0.507 e. The Morgan fingerprint density at radius 1 is 1.11 bits per heavy atom. The topological polar surface area (TPSA) is 93.0 Å². The van der Waals surface area contributed by atoms with Crippen LogP contribution in [0.2, 0.25) is 0 Å². The lowest BCUT2D eigenvalue weighted by molar-refractivity contribution is 0.119. The largest absolute Gasteiger partial charge is 0.507 e. The third-order valence-corrected chi connectivity index (χ3v) is 8.72. The van der Waals surface area contributed by atoms with E-state index >= 15 is 0 Å². The predicted molar refractivity (Wildman–Crippen MR) is 141 cm³/mol. The van der Waals surface area contributed by atoms with Crippen LogP contribution in [0.4, 0.5) is 5.82 Å². The number of phenols is 1. The molecule has 2 atom stereocenters. The normalized spacial score (nSPS) is 24.7. The van der Waals surface area contributed by atoms with E-state index in [1.807, 2.05) is 62.4 Å². The summed E-state index contributed by atoms with van der Waals surface area (Å²) in [5, 5.41) is 12.1. The van der Waals surface area contributed by atoms with Crippen molar-refractivity contribution in [1.29, 1.82) is 0 Å². The average Bonchev–Trinajstić information content (AvgIpc) is 3.07. The summed E-state index contributed by atoms with van der Waals surface area (Å²) in [5.74, 6) is 0.827. The lowest BCUT2D eigenvalue weighted by Crippen LogP contribution is -2.55. The molecule has 184 valence electrons. The molecule has 1 fully saturated rings. The van der Waals surface area contributed by atoms with Crippen LogP contribution >= 0.6 is 10.8 Å². The van der Waals surface area contributed by atoms with Gasteiger partial charge in [-0.05, 0) is 81.1 Å². The first-order valence-corrected chi connectivity index (χ1v) is 13.4. The van der Waals surface area contributed by atoms with Crippen molar-refractivity contribution >= 4 is 16.6 Å². The first-order valence-electron chi connectivity index (χ1n) is 11.9. The molecule has 0 amide bonds. The van der Waals surface area contributed by atoms with Gasteiger partial charge in [0.15, 0.2) is 0 Å². The van der Waals surface area contributed by atoms with Gasteiger partial charge < -0.3 is 5.11 Å². The first-order chi connectivity index (χ1) is 16.7. The number of rotatable bonds is 4. The van der Waals surface area contributed by atoms with Crippen molar-refractivity contribution < 1.29 is 14.2 Å². The Kier molecular flexibility index (Phi) is 6.09. The number of pyridine rings is 2. The Hall–Kier alpha value is -2.91. The maximum Gasteiger partial charge on any atom is 0.148 e. The van der Waals surface area contributed by atoms with Crippen LogP contribution in [0.15, 0.2) is 66.2 Å². The monoisotopic (exact) mass is 492 g/mol. The fraction of sp³-hybridized carbons (Fsp3) is 0.333. The SMILES string of the molecule is Cc1cccc(N2[C@]3(C=CS2(O)O)CCN(Cc2ccc(O)c(-c4ncccc4C)c2)[C@@H](C)C3)n1. The number of likely N-dealkylation sites (tertiary alicyclic amines) is 1. The number of hydrogen-bond acceptors (Lipinski definition) is 7. The van der Waals surface area contributed by atoms with Crippen molar-refractivity contribution in [3.63, 3.8) is 0 Å². The molecule has 0 bridgehead atoms. The lowest BCUT2D eigenvalue weighted by Gasteiger charge is -2.51. The van der Waals surface area contributed by atoms with Gasteiger partial charge in [-0.2, -0.15) is 0 Å². The average molecular weight is 493 g/mol. The Bertz CT molecular complexity index is 1280. The third-order valence-electron chi connectivity index (χ3n) is 7.13. The van der Waals surface area contributed by atoms with Crippen LogP contribution in [0.5, 0.6) is 5.75 Å². The molecule has 4 heterocycles. The van der Waals surface area contributed by atoms with Gasteiger partial charge in [-0.3, -0.25) is 19.0 Å². The first kappa shape index (κ1) is 23.8. The zero-order chi connectivity index (χ0) is 24.8. The standard InChI is InChI=1S/C27H32N4O3S/c1-19-6-5-13-28-26(19)23-16-22(9-10-24(23)32)18-30-14-11-27(17-21(30)3)12-15-35(33,34)31(27)25-8-4-7-20(2)29-25/h4-10,12-13,15-16,21,32-34H,11,14,17-18H2,1-3H3/t21-,27-/m0/s1. The minimum absolute atomic E-state index is 0.197. The Morgan fingerprint density at radius 2 is 1.94 bits per heavy atom. The lowest BCUT2D eigenvalue weighted by atomic mass is 9.83.